The molecule has 148 valence electrons. The van der Waals surface area contributed by atoms with Gasteiger partial charge < -0.3 is 15.8 Å². The lowest BCUT2D eigenvalue weighted by Crippen LogP contribution is -2.02. The molecule has 7 heteroatoms. The third kappa shape index (κ3) is 4.76. The summed E-state index contributed by atoms with van der Waals surface area (Å²) in [6.07, 6.45) is 0. The third-order valence-corrected chi connectivity index (χ3v) is 4.39. The minimum atomic E-state index is 0.256. The van der Waals surface area contributed by atoms with E-state index in [0.717, 1.165) is 16.8 Å². The Morgan fingerprint density at radius 1 is 0.774 bits per heavy atom. The topological polar surface area (TPSA) is 121 Å². The molecule has 4 aromatic rings. The summed E-state index contributed by atoms with van der Waals surface area (Å²) in [7, 11) is 0. The molecule has 0 radical (unpaired) electrons. The Morgan fingerprint density at radius 2 is 1.52 bits per heavy atom. The monoisotopic (exact) mass is 404 g/mol. The van der Waals surface area contributed by atoms with Crippen molar-refractivity contribution >= 4 is 17.5 Å². The molecule has 0 spiro atoms. The average Bonchev–Trinajstić information content (AvgIpc) is 2.80. The van der Waals surface area contributed by atoms with Crippen molar-refractivity contribution in [3.05, 3.63) is 90.0 Å². The summed E-state index contributed by atoms with van der Waals surface area (Å²) in [5, 5.41) is 21.0. The molecule has 0 amide bonds. The van der Waals surface area contributed by atoms with Crippen LogP contribution in [0.5, 0.6) is 11.6 Å². The molecule has 0 atom stereocenters. The smallest absolute Gasteiger partial charge is 0.232 e. The van der Waals surface area contributed by atoms with Gasteiger partial charge in [0.2, 0.25) is 11.8 Å². The van der Waals surface area contributed by atoms with Gasteiger partial charge in [0.1, 0.15) is 11.6 Å². The third-order valence-electron chi connectivity index (χ3n) is 4.39. The fourth-order valence-electron chi connectivity index (χ4n) is 2.91. The fraction of sp³-hybridized carbons (Fsp3) is 0. The highest BCUT2D eigenvalue weighted by atomic mass is 16.5. The number of nitrogens with two attached hydrogens (primary N) is 1. The fourth-order valence-corrected chi connectivity index (χ4v) is 2.91. The molecule has 0 fully saturated rings. The van der Waals surface area contributed by atoms with E-state index in [2.05, 4.69) is 27.4 Å². The largest absolute Gasteiger partial charge is 0.439 e. The van der Waals surface area contributed by atoms with Crippen LogP contribution in [0.15, 0.2) is 78.9 Å². The second kappa shape index (κ2) is 8.64. The first-order valence-electron chi connectivity index (χ1n) is 9.33. The molecule has 31 heavy (non-hydrogen) atoms. The molecular formula is C24H16N6O. The van der Waals surface area contributed by atoms with Crippen molar-refractivity contribution in [2.24, 2.45) is 0 Å². The van der Waals surface area contributed by atoms with E-state index in [9.17, 15) is 0 Å². The van der Waals surface area contributed by atoms with E-state index in [0.29, 0.717) is 22.8 Å². The van der Waals surface area contributed by atoms with Crippen molar-refractivity contribution in [3.63, 3.8) is 0 Å². The predicted octanol–water partition coefficient (Wildman–Crippen LogP) is 5.01. The highest BCUT2D eigenvalue weighted by molar-refractivity contribution is 5.66. The molecule has 1 aromatic heterocycles. The lowest BCUT2D eigenvalue weighted by atomic mass is 10.0. The number of benzene rings is 3. The van der Waals surface area contributed by atoms with Gasteiger partial charge in [-0.05, 0) is 59.7 Å². The number of anilines is 3. The number of aromatic nitrogens is 2. The molecule has 0 saturated heterocycles. The quantitative estimate of drug-likeness (QED) is 0.480. The Hall–Kier alpha value is -4.88. The van der Waals surface area contributed by atoms with E-state index in [1.807, 2.05) is 42.5 Å². The van der Waals surface area contributed by atoms with E-state index in [-0.39, 0.29) is 11.8 Å². The summed E-state index contributed by atoms with van der Waals surface area (Å²) >= 11 is 0. The van der Waals surface area contributed by atoms with Crippen molar-refractivity contribution in [1.29, 1.82) is 10.5 Å². The molecule has 3 N–H and O–H groups in total. The first kappa shape index (κ1) is 19.4. The van der Waals surface area contributed by atoms with Crippen molar-refractivity contribution < 1.29 is 4.74 Å². The molecule has 0 unspecified atom stereocenters. The van der Waals surface area contributed by atoms with Crippen LogP contribution in [0.2, 0.25) is 0 Å². The second-order valence-electron chi connectivity index (χ2n) is 6.59. The predicted molar refractivity (Wildman–Crippen MR) is 118 cm³/mol. The molecule has 0 aliphatic carbocycles. The van der Waals surface area contributed by atoms with Crippen LogP contribution in [0, 0.1) is 22.7 Å². The number of nitrogens with zero attached hydrogens (tertiary/aromatic N) is 4. The maximum absolute atomic E-state index is 9.07. The molecule has 0 aliphatic rings. The van der Waals surface area contributed by atoms with Crippen molar-refractivity contribution in [2.75, 3.05) is 11.1 Å². The molecule has 3 aromatic carbocycles. The van der Waals surface area contributed by atoms with Crippen LogP contribution in [0.3, 0.4) is 0 Å². The van der Waals surface area contributed by atoms with Crippen LogP contribution < -0.4 is 15.8 Å². The van der Waals surface area contributed by atoms with Crippen LogP contribution in [-0.4, -0.2) is 9.97 Å². The van der Waals surface area contributed by atoms with Gasteiger partial charge in [0.05, 0.1) is 23.3 Å². The highest BCUT2D eigenvalue weighted by Crippen LogP contribution is 2.27. The zero-order valence-electron chi connectivity index (χ0n) is 16.3. The molecule has 7 nitrogen and oxygen atoms in total. The number of rotatable bonds is 5. The van der Waals surface area contributed by atoms with Crippen LogP contribution in [-0.2, 0) is 0 Å². The van der Waals surface area contributed by atoms with Gasteiger partial charge in [-0.1, -0.05) is 24.3 Å². The van der Waals surface area contributed by atoms with E-state index in [1.54, 1.807) is 30.3 Å². The normalized spacial score (nSPS) is 10.0. The maximum Gasteiger partial charge on any atom is 0.232 e. The van der Waals surface area contributed by atoms with E-state index >= 15 is 0 Å². The van der Waals surface area contributed by atoms with Crippen LogP contribution >= 0.6 is 0 Å². The standard InChI is InChI=1S/C24H16N6O/c25-14-16-4-8-20(9-5-16)28-24-29-22(27)13-23(30-24)31-21-10-6-18(7-11-21)19-3-1-2-17(12-19)15-26/h1-13H,(H3,27,28,29,30). The number of nitrogens with one attached hydrogen (secondary N) is 1. The van der Waals surface area contributed by atoms with E-state index in [1.165, 1.54) is 6.07 Å². The Labute approximate surface area is 179 Å². The Balaban J connectivity index is 1.51. The first-order valence-corrected chi connectivity index (χ1v) is 9.33. The lowest BCUT2D eigenvalue weighted by molar-refractivity contribution is 0.463. The number of nitrogen functional groups attached to an aromatic ring is 1. The van der Waals surface area contributed by atoms with Crippen LogP contribution in [0.25, 0.3) is 11.1 Å². The molecular weight excluding hydrogens is 388 g/mol. The molecule has 0 saturated carbocycles. The number of nitriles is 2. The average molecular weight is 404 g/mol. The Kier molecular flexibility index (Phi) is 5.42. The lowest BCUT2D eigenvalue weighted by Gasteiger charge is -2.10. The van der Waals surface area contributed by atoms with E-state index < -0.39 is 0 Å². The van der Waals surface area contributed by atoms with Gasteiger partial charge >= 0.3 is 0 Å². The minimum Gasteiger partial charge on any atom is -0.439 e. The van der Waals surface area contributed by atoms with Gasteiger partial charge in [0.15, 0.2) is 0 Å². The molecule has 0 aliphatic heterocycles. The number of hydrogen-bond donors (Lipinski definition) is 2. The summed E-state index contributed by atoms with van der Waals surface area (Å²) in [4.78, 5) is 8.51. The van der Waals surface area contributed by atoms with Gasteiger partial charge in [0, 0.05) is 11.8 Å². The van der Waals surface area contributed by atoms with Crippen LogP contribution in [0.4, 0.5) is 17.5 Å². The summed E-state index contributed by atoms with van der Waals surface area (Å²) in [6, 6.07) is 27.5. The summed E-state index contributed by atoms with van der Waals surface area (Å²) in [5.74, 6) is 1.42. The van der Waals surface area contributed by atoms with Crippen molar-refractivity contribution in [1.82, 2.24) is 9.97 Å². The summed E-state index contributed by atoms with van der Waals surface area (Å²) in [5.41, 5.74) is 9.71. The number of hydrogen-bond acceptors (Lipinski definition) is 7. The Morgan fingerprint density at radius 3 is 2.23 bits per heavy atom. The second-order valence-corrected chi connectivity index (χ2v) is 6.59. The summed E-state index contributed by atoms with van der Waals surface area (Å²) in [6.45, 7) is 0. The van der Waals surface area contributed by atoms with Gasteiger partial charge in [-0.2, -0.15) is 20.5 Å². The SMILES string of the molecule is N#Cc1ccc(Nc2nc(N)cc(Oc3ccc(-c4cccc(C#N)c4)cc3)n2)cc1. The zero-order chi connectivity index (χ0) is 21.6. The van der Waals surface area contributed by atoms with Gasteiger partial charge in [-0.15, -0.1) is 0 Å². The van der Waals surface area contributed by atoms with Crippen molar-refractivity contribution in [3.8, 4) is 34.9 Å². The molecule has 4 rings (SSSR count). The van der Waals surface area contributed by atoms with Gasteiger partial charge in [-0.3, -0.25) is 0 Å². The highest BCUT2D eigenvalue weighted by Gasteiger charge is 2.07. The first-order chi connectivity index (χ1) is 15.1. The Bertz CT molecular complexity index is 1300. The summed E-state index contributed by atoms with van der Waals surface area (Å²) < 4.78 is 5.84. The van der Waals surface area contributed by atoms with Gasteiger partial charge in [-0.25, -0.2) is 0 Å². The van der Waals surface area contributed by atoms with Crippen molar-refractivity contribution in [2.45, 2.75) is 0 Å². The molecule has 1 heterocycles. The van der Waals surface area contributed by atoms with Crippen LogP contribution in [0.1, 0.15) is 11.1 Å². The number of ether oxygens (including phenoxy) is 1. The maximum atomic E-state index is 9.07. The minimum absolute atomic E-state index is 0.256. The van der Waals surface area contributed by atoms with E-state index in [4.69, 9.17) is 21.0 Å². The zero-order valence-corrected chi connectivity index (χ0v) is 16.3. The molecule has 0 bridgehead atoms. The van der Waals surface area contributed by atoms with Gasteiger partial charge in [0.25, 0.3) is 0 Å².